The van der Waals surface area contributed by atoms with E-state index >= 15 is 0 Å². The minimum Gasteiger partial charge on any atom is -0.317 e. The lowest BCUT2D eigenvalue weighted by Crippen LogP contribution is -2.15. The molecule has 0 fully saturated rings. The van der Waals surface area contributed by atoms with Crippen molar-refractivity contribution >= 4 is 124 Å². The molecule has 0 unspecified atom stereocenters. The van der Waals surface area contributed by atoms with Crippen LogP contribution < -0.4 is 0 Å². The third-order valence-electron chi connectivity index (χ3n) is 14.4. The van der Waals surface area contributed by atoms with Crippen LogP contribution in [0.1, 0.15) is 5.56 Å². The number of nitrogens with zero attached hydrogens (tertiary/aromatic N) is 6. The fraction of sp³-hybridized carbons (Fsp3) is 0. The topological polar surface area (TPSA) is 47.9 Å². The molecule has 0 aliphatic heterocycles. The molecule has 10 aromatic carbocycles. The lowest BCUT2D eigenvalue weighted by atomic mass is 10.0. The monoisotopic (exact) mass is 894 g/mol. The van der Waals surface area contributed by atoms with Gasteiger partial charge in [0.15, 0.2) is 0 Å². The SMILES string of the molecule is [C-]#[N+]c1c(C#N)c(-n2c3ccccc3c3c4c(ccc32)sc2ccccc24)c(-n2c3ccccc3c3ccccc32)c(-n2c3ccccc3c3ccccc32)c1-n1c2ccccc2c2ccccc21. The van der Waals surface area contributed by atoms with Crippen molar-refractivity contribution in [1.82, 2.24) is 18.3 Å². The highest BCUT2D eigenvalue weighted by Crippen LogP contribution is 2.52. The quantitative estimate of drug-likeness (QED) is 0.162. The molecule has 0 spiro atoms. The van der Waals surface area contributed by atoms with E-state index in [1.54, 1.807) is 11.3 Å². The largest absolute Gasteiger partial charge is 0.317 e. The zero-order valence-electron chi connectivity index (χ0n) is 36.7. The molecule has 5 heterocycles. The first-order valence-corrected chi connectivity index (χ1v) is 23.9. The van der Waals surface area contributed by atoms with Crippen LogP contribution in [0.25, 0.3) is 135 Å². The minimum absolute atomic E-state index is 0.272. The van der Waals surface area contributed by atoms with Crippen molar-refractivity contribution in [2.24, 2.45) is 0 Å². The molecular formula is C62H34N6S. The van der Waals surface area contributed by atoms with Crippen molar-refractivity contribution in [2.75, 3.05) is 0 Å². The second-order valence-electron chi connectivity index (χ2n) is 17.7. The van der Waals surface area contributed by atoms with Gasteiger partial charge < -0.3 is 18.3 Å². The Labute approximate surface area is 398 Å². The van der Waals surface area contributed by atoms with Crippen LogP contribution in [0.15, 0.2) is 206 Å². The van der Waals surface area contributed by atoms with Gasteiger partial charge in [0.2, 0.25) is 5.69 Å². The molecule has 0 radical (unpaired) electrons. The summed E-state index contributed by atoms with van der Waals surface area (Å²) in [5, 5.41) is 23.3. The molecule has 0 saturated heterocycles. The van der Waals surface area contributed by atoms with Crippen LogP contribution in [0.5, 0.6) is 0 Å². The van der Waals surface area contributed by atoms with E-state index in [2.05, 4.69) is 235 Å². The highest BCUT2D eigenvalue weighted by atomic mass is 32.1. The maximum Gasteiger partial charge on any atom is 0.232 e. The average Bonchev–Trinajstić information content (AvgIpc) is 4.21. The standard InChI is InChI=1S/C62H34N6S/c1-64-58-45(36-63)59(68-52-32-16-8-24-43(52)56-53(68)34-35-55-57(56)44-25-9-17-33-54(44)69-55)61(66-48-28-12-4-20-39(48)40-21-5-13-29-49(40)66)62(67-50-30-14-6-22-41(50)42-23-7-15-31-51(42)67)60(58)65-46-26-10-2-18-37(46)38-19-3-11-27-47(38)65/h2-35H. The van der Waals surface area contributed by atoms with Gasteiger partial charge in [0.1, 0.15) is 0 Å². The van der Waals surface area contributed by atoms with Crippen LogP contribution in [0.4, 0.5) is 5.69 Å². The van der Waals surface area contributed by atoms with Crippen LogP contribution in [0.2, 0.25) is 0 Å². The molecule has 318 valence electrons. The predicted octanol–water partition coefficient (Wildman–Crippen LogP) is 16.9. The van der Waals surface area contributed by atoms with Gasteiger partial charge in [0, 0.05) is 63.3 Å². The molecule has 15 rings (SSSR count). The van der Waals surface area contributed by atoms with Crippen molar-refractivity contribution in [3.05, 3.63) is 223 Å². The molecule has 0 saturated carbocycles. The third kappa shape index (κ3) is 4.91. The summed E-state index contributed by atoms with van der Waals surface area (Å²) in [6, 6.07) is 75.7. The second-order valence-corrected chi connectivity index (χ2v) is 18.8. The van der Waals surface area contributed by atoms with Crippen LogP contribution in [-0.4, -0.2) is 18.3 Å². The van der Waals surface area contributed by atoms with E-state index in [0.717, 1.165) is 98.6 Å². The zero-order valence-corrected chi connectivity index (χ0v) is 37.5. The lowest BCUT2D eigenvalue weighted by molar-refractivity contribution is 1.02. The Morgan fingerprint density at radius 2 is 0.681 bits per heavy atom. The normalized spacial score (nSPS) is 12.0. The third-order valence-corrected chi connectivity index (χ3v) is 15.5. The molecule has 0 aliphatic carbocycles. The number of nitriles is 1. The van der Waals surface area contributed by atoms with Crippen LogP contribution in [0, 0.1) is 17.9 Å². The number of thiophene rings is 1. The van der Waals surface area contributed by atoms with E-state index in [9.17, 15) is 11.8 Å². The van der Waals surface area contributed by atoms with E-state index in [-0.39, 0.29) is 5.69 Å². The fourth-order valence-corrected chi connectivity index (χ4v) is 12.9. The maximum atomic E-state index is 12.2. The highest BCUT2D eigenvalue weighted by molar-refractivity contribution is 7.26. The molecule has 0 amide bonds. The molecule has 69 heavy (non-hydrogen) atoms. The van der Waals surface area contributed by atoms with E-state index in [1.165, 1.54) is 20.2 Å². The molecule has 0 N–H and O–H groups in total. The predicted molar refractivity (Wildman–Crippen MR) is 288 cm³/mol. The van der Waals surface area contributed by atoms with Crippen LogP contribution >= 0.6 is 11.3 Å². The van der Waals surface area contributed by atoms with Gasteiger partial charge in [-0.3, -0.25) is 0 Å². The summed E-state index contributed by atoms with van der Waals surface area (Å²) in [7, 11) is 0. The average molecular weight is 895 g/mol. The summed E-state index contributed by atoms with van der Waals surface area (Å²) in [6.45, 7) is 9.46. The molecule has 5 aromatic heterocycles. The van der Waals surface area contributed by atoms with E-state index in [4.69, 9.17) is 0 Å². The molecule has 0 atom stereocenters. The van der Waals surface area contributed by atoms with Crippen molar-refractivity contribution in [1.29, 1.82) is 5.26 Å². The Kier molecular flexibility index (Phi) is 7.70. The Hall–Kier alpha value is -9.40. The van der Waals surface area contributed by atoms with E-state index in [0.29, 0.717) is 16.9 Å². The Balaban J connectivity index is 1.29. The Bertz CT molecular complexity index is 4660. The van der Waals surface area contributed by atoms with Crippen molar-refractivity contribution < 1.29 is 0 Å². The van der Waals surface area contributed by atoms with Gasteiger partial charge in [-0.05, 0) is 60.7 Å². The number of rotatable bonds is 4. The molecule has 6 nitrogen and oxygen atoms in total. The van der Waals surface area contributed by atoms with Gasteiger partial charge in [-0.1, -0.05) is 146 Å². The fourth-order valence-electron chi connectivity index (χ4n) is 11.8. The van der Waals surface area contributed by atoms with Gasteiger partial charge in [-0.15, -0.1) is 11.3 Å². The number of para-hydroxylation sites is 7. The van der Waals surface area contributed by atoms with Crippen LogP contribution in [0.3, 0.4) is 0 Å². The summed E-state index contributed by atoms with van der Waals surface area (Å²) in [5.74, 6) is 0. The van der Waals surface area contributed by atoms with Crippen molar-refractivity contribution in [2.45, 2.75) is 0 Å². The summed E-state index contributed by atoms with van der Waals surface area (Å²) in [5.41, 5.74) is 11.2. The van der Waals surface area contributed by atoms with Gasteiger partial charge in [0.25, 0.3) is 0 Å². The lowest BCUT2D eigenvalue weighted by Gasteiger charge is -2.28. The number of fused-ring (bicyclic) bond motifs is 16. The maximum absolute atomic E-state index is 12.2. The Morgan fingerprint density at radius 3 is 1.12 bits per heavy atom. The number of hydrogen-bond donors (Lipinski definition) is 0. The summed E-state index contributed by atoms with van der Waals surface area (Å²) in [4.78, 5) is 4.57. The zero-order chi connectivity index (χ0) is 45.5. The molecule has 7 heteroatoms. The number of hydrogen-bond acceptors (Lipinski definition) is 2. The smallest absolute Gasteiger partial charge is 0.232 e. The first kappa shape index (κ1) is 37.8. The Morgan fingerprint density at radius 1 is 0.333 bits per heavy atom. The van der Waals surface area contributed by atoms with E-state index < -0.39 is 0 Å². The first-order chi connectivity index (χ1) is 34.2. The highest BCUT2D eigenvalue weighted by Gasteiger charge is 2.35. The van der Waals surface area contributed by atoms with Crippen molar-refractivity contribution in [3.63, 3.8) is 0 Å². The van der Waals surface area contributed by atoms with Gasteiger partial charge in [0.05, 0.1) is 85.1 Å². The second kappa shape index (κ2) is 14.1. The molecule has 0 bridgehead atoms. The van der Waals surface area contributed by atoms with Crippen LogP contribution in [-0.2, 0) is 0 Å². The molecular weight excluding hydrogens is 861 g/mol. The first-order valence-electron chi connectivity index (χ1n) is 23.0. The van der Waals surface area contributed by atoms with Gasteiger partial charge in [-0.2, -0.15) is 5.26 Å². The van der Waals surface area contributed by atoms with Gasteiger partial charge in [-0.25, -0.2) is 4.85 Å². The van der Waals surface area contributed by atoms with Gasteiger partial charge >= 0.3 is 0 Å². The number of aromatic nitrogens is 4. The van der Waals surface area contributed by atoms with Crippen molar-refractivity contribution in [3.8, 4) is 28.8 Å². The number of benzene rings is 10. The molecule has 0 aliphatic rings. The summed E-state index contributed by atoms with van der Waals surface area (Å²) >= 11 is 1.80. The van der Waals surface area contributed by atoms with E-state index in [1.807, 2.05) is 0 Å². The minimum atomic E-state index is 0.272. The summed E-state index contributed by atoms with van der Waals surface area (Å²) < 4.78 is 11.7. The summed E-state index contributed by atoms with van der Waals surface area (Å²) in [6.07, 6.45) is 0. The molecule has 15 aromatic rings.